The lowest BCUT2D eigenvalue weighted by molar-refractivity contribution is 0.654. The molecule has 2 rings (SSSR count). The van der Waals surface area contributed by atoms with Crippen LogP contribution in [0.15, 0.2) is 22.1 Å². The van der Waals surface area contributed by atoms with Crippen molar-refractivity contribution in [1.82, 2.24) is 15.0 Å². The van der Waals surface area contributed by atoms with Gasteiger partial charge in [0, 0.05) is 27.8 Å². The molecule has 0 aromatic carbocycles. The van der Waals surface area contributed by atoms with Crippen molar-refractivity contribution >= 4 is 38.9 Å². The second-order valence-electron chi connectivity index (χ2n) is 3.04. The fourth-order valence-electron chi connectivity index (χ4n) is 1.21. The number of aromatic nitrogens is 3. The van der Waals surface area contributed by atoms with Gasteiger partial charge < -0.3 is 0 Å². The van der Waals surface area contributed by atoms with Gasteiger partial charge in [-0.05, 0) is 27.4 Å². The SMILES string of the molecule is ClCCc1cn(Cc2sccc2Br)nn1. The van der Waals surface area contributed by atoms with Gasteiger partial charge in [-0.1, -0.05) is 5.21 Å². The molecule has 2 aromatic heterocycles. The van der Waals surface area contributed by atoms with E-state index in [4.69, 9.17) is 11.6 Å². The van der Waals surface area contributed by atoms with Gasteiger partial charge in [-0.25, -0.2) is 4.68 Å². The fraction of sp³-hybridized carbons (Fsp3) is 0.333. The summed E-state index contributed by atoms with van der Waals surface area (Å²) in [5, 5.41) is 10.1. The van der Waals surface area contributed by atoms with Gasteiger partial charge in [0.05, 0.1) is 12.2 Å². The van der Waals surface area contributed by atoms with E-state index >= 15 is 0 Å². The second kappa shape index (κ2) is 5.09. The third-order valence-corrected chi connectivity index (χ3v) is 4.03. The third kappa shape index (κ3) is 2.80. The second-order valence-corrected chi connectivity index (χ2v) is 5.27. The molecule has 0 aliphatic carbocycles. The monoisotopic (exact) mass is 305 g/mol. The number of hydrogen-bond donors (Lipinski definition) is 0. The first-order valence-corrected chi connectivity index (χ1v) is 6.67. The average molecular weight is 307 g/mol. The Balaban J connectivity index is 2.08. The summed E-state index contributed by atoms with van der Waals surface area (Å²) in [5.41, 5.74) is 0.942. The van der Waals surface area contributed by atoms with Crippen LogP contribution in [-0.2, 0) is 13.0 Å². The van der Waals surface area contributed by atoms with E-state index < -0.39 is 0 Å². The van der Waals surface area contributed by atoms with Crippen molar-refractivity contribution in [2.24, 2.45) is 0 Å². The van der Waals surface area contributed by atoms with Crippen molar-refractivity contribution in [3.05, 3.63) is 32.7 Å². The van der Waals surface area contributed by atoms with Crippen molar-refractivity contribution in [2.75, 3.05) is 5.88 Å². The summed E-state index contributed by atoms with van der Waals surface area (Å²) in [6.07, 6.45) is 2.71. The minimum atomic E-state index is 0.585. The molecule has 0 saturated carbocycles. The average Bonchev–Trinajstić information content (AvgIpc) is 2.79. The number of alkyl halides is 1. The molecule has 15 heavy (non-hydrogen) atoms. The minimum absolute atomic E-state index is 0.585. The molecule has 0 saturated heterocycles. The molecular formula is C9H9BrClN3S. The van der Waals surface area contributed by atoms with Gasteiger partial charge in [0.1, 0.15) is 0 Å². The van der Waals surface area contributed by atoms with Crippen LogP contribution in [0, 0.1) is 0 Å². The summed E-state index contributed by atoms with van der Waals surface area (Å²) in [6, 6.07) is 2.04. The molecule has 0 N–H and O–H groups in total. The summed E-state index contributed by atoms with van der Waals surface area (Å²) in [6.45, 7) is 0.757. The van der Waals surface area contributed by atoms with Crippen LogP contribution in [0.5, 0.6) is 0 Å². The van der Waals surface area contributed by atoms with Crippen LogP contribution in [0.25, 0.3) is 0 Å². The fourth-order valence-corrected chi connectivity index (χ4v) is 2.87. The molecule has 0 aliphatic heterocycles. The Morgan fingerprint density at radius 2 is 2.40 bits per heavy atom. The van der Waals surface area contributed by atoms with E-state index in [-0.39, 0.29) is 0 Å². The molecule has 0 fully saturated rings. The number of aryl methyl sites for hydroxylation is 1. The number of thiophene rings is 1. The number of hydrogen-bond acceptors (Lipinski definition) is 3. The minimum Gasteiger partial charge on any atom is -0.247 e. The van der Waals surface area contributed by atoms with Gasteiger partial charge in [-0.3, -0.25) is 0 Å². The Labute approximate surface area is 105 Å². The van der Waals surface area contributed by atoms with Crippen LogP contribution >= 0.6 is 38.9 Å². The number of rotatable bonds is 4. The standard InChI is InChI=1S/C9H9BrClN3S/c10-8-2-4-15-9(8)6-14-5-7(1-3-11)12-13-14/h2,4-5H,1,3,6H2. The van der Waals surface area contributed by atoms with Crippen LogP contribution in [-0.4, -0.2) is 20.9 Å². The molecule has 0 radical (unpaired) electrons. The van der Waals surface area contributed by atoms with Gasteiger partial charge in [-0.2, -0.15) is 0 Å². The predicted molar refractivity (Wildman–Crippen MR) is 65.6 cm³/mol. The lowest BCUT2D eigenvalue weighted by Crippen LogP contribution is -1.98. The van der Waals surface area contributed by atoms with Crippen LogP contribution < -0.4 is 0 Å². The number of halogens is 2. The zero-order valence-corrected chi connectivity index (χ0v) is 11.0. The molecule has 0 aliphatic rings. The van der Waals surface area contributed by atoms with E-state index in [0.29, 0.717) is 5.88 Å². The smallest absolute Gasteiger partial charge is 0.0839 e. The lowest BCUT2D eigenvalue weighted by Gasteiger charge is -1.97. The third-order valence-electron chi connectivity index (χ3n) is 1.93. The Kier molecular flexibility index (Phi) is 3.77. The highest BCUT2D eigenvalue weighted by Crippen LogP contribution is 2.23. The van der Waals surface area contributed by atoms with E-state index in [2.05, 4.69) is 31.6 Å². The topological polar surface area (TPSA) is 30.7 Å². The largest absolute Gasteiger partial charge is 0.247 e. The van der Waals surface area contributed by atoms with E-state index in [1.165, 1.54) is 4.88 Å². The highest BCUT2D eigenvalue weighted by molar-refractivity contribution is 9.10. The number of nitrogens with zero attached hydrogens (tertiary/aromatic N) is 3. The van der Waals surface area contributed by atoms with E-state index in [1.54, 1.807) is 11.3 Å². The Hall–Kier alpha value is -0.390. The van der Waals surface area contributed by atoms with Crippen molar-refractivity contribution in [3.8, 4) is 0 Å². The quantitative estimate of drug-likeness (QED) is 0.813. The molecule has 80 valence electrons. The normalized spacial score (nSPS) is 10.8. The van der Waals surface area contributed by atoms with Crippen molar-refractivity contribution in [2.45, 2.75) is 13.0 Å². The zero-order valence-electron chi connectivity index (χ0n) is 7.86. The zero-order chi connectivity index (χ0) is 10.7. The Morgan fingerprint density at radius 3 is 3.07 bits per heavy atom. The summed E-state index contributed by atoms with van der Waals surface area (Å²) in [7, 11) is 0. The molecule has 6 heteroatoms. The molecule has 0 bridgehead atoms. The van der Waals surface area contributed by atoms with Gasteiger partial charge >= 0.3 is 0 Å². The van der Waals surface area contributed by atoms with Gasteiger partial charge in [0.15, 0.2) is 0 Å². The van der Waals surface area contributed by atoms with Crippen molar-refractivity contribution < 1.29 is 0 Å². The summed E-state index contributed by atoms with van der Waals surface area (Å²) < 4.78 is 2.96. The maximum absolute atomic E-state index is 5.63. The molecule has 0 atom stereocenters. The van der Waals surface area contributed by atoms with Crippen molar-refractivity contribution in [3.63, 3.8) is 0 Å². The van der Waals surface area contributed by atoms with E-state index in [1.807, 2.05) is 16.9 Å². The molecule has 2 aromatic rings. The first-order chi connectivity index (χ1) is 7.29. The molecule has 0 spiro atoms. The first-order valence-electron chi connectivity index (χ1n) is 4.46. The summed E-state index contributed by atoms with van der Waals surface area (Å²) in [5.74, 6) is 0.585. The van der Waals surface area contributed by atoms with Crippen molar-refractivity contribution in [1.29, 1.82) is 0 Å². The molecule has 3 nitrogen and oxygen atoms in total. The molecular weight excluding hydrogens is 298 g/mol. The van der Waals surface area contributed by atoms with Gasteiger partial charge in [0.2, 0.25) is 0 Å². The first kappa shape index (κ1) is 11.1. The van der Waals surface area contributed by atoms with Gasteiger partial charge in [0.25, 0.3) is 0 Å². The Bertz CT molecular complexity index is 440. The molecule has 0 amide bonds. The van der Waals surface area contributed by atoms with Gasteiger partial charge in [-0.15, -0.1) is 28.0 Å². The maximum atomic E-state index is 5.63. The van der Waals surface area contributed by atoms with Crippen LogP contribution in [0.1, 0.15) is 10.6 Å². The van der Waals surface area contributed by atoms with Crippen LogP contribution in [0.3, 0.4) is 0 Å². The predicted octanol–water partition coefficient (Wildman–Crippen LogP) is 2.93. The van der Waals surface area contributed by atoms with Crippen LogP contribution in [0.4, 0.5) is 0 Å². The highest BCUT2D eigenvalue weighted by atomic mass is 79.9. The lowest BCUT2D eigenvalue weighted by atomic mass is 10.4. The molecule has 2 heterocycles. The maximum Gasteiger partial charge on any atom is 0.0839 e. The van der Waals surface area contributed by atoms with E-state index in [9.17, 15) is 0 Å². The van der Waals surface area contributed by atoms with Crippen LogP contribution in [0.2, 0.25) is 0 Å². The molecule has 0 unspecified atom stereocenters. The summed E-state index contributed by atoms with van der Waals surface area (Å²) >= 11 is 10.8. The summed E-state index contributed by atoms with van der Waals surface area (Å²) in [4.78, 5) is 1.25. The highest BCUT2D eigenvalue weighted by Gasteiger charge is 2.04. The van der Waals surface area contributed by atoms with E-state index in [0.717, 1.165) is 23.1 Å². The Morgan fingerprint density at radius 1 is 1.53 bits per heavy atom.